The molecule has 0 amide bonds. The van der Waals surface area contributed by atoms with Gasteiger partial charge < -0.3 is 5.11 Å². The summed E-state index contributed by atoms with van der Waals surface area (Å²) in [6.45, 7) is 4.49. The highest BCUT2D eigenvalue weighted by atomic mass is 16.3. The van der Waals surface area contributed by atoms with Crippen molar-refractivity contribution < 1.29 is 5.11 Å². The van der Waals surface area contributed by atoms with Crippen molar-refractivity contribution in [3.63, 3.8) is 0 Å². The maximum atomic E-state index is 9.45. The molecule has 1 nitrogen and oxygen atoms in total. The monoisotopic (exact) mass is 182 g/mol. The van der Waals surface area contributed by atoms with Gasteiger partial charge in [-0.15, -0.1) is 0 Å². The highest BCUT2D eigenvalue weighted by molar-refractivity contribution is 5.00. The Bertz CT molecular complexity index is 172. The van der Waals surface area contributed by atoms with E-state index >= 15 is 0 Å². The number of allylic oxidation sites excluding steroid dienone is 2. The van der Waals surface area contributed by atoms with Gasteiger partial charge in [-0.3, -0.25) is 0 Å². The first kappa shape index (κ1) is 10.6. The predicted octanol–water partition coefficient (Wildman–Crippen LogP) is 4.05. The fourth-order valence-corrected chi connectivity index (χ4v) is 2.43. The minimum Gasteiger partial charge on any atom is -0.513 e. The average molecular weight is 182 g/mol. The van der Waals surface area contributed by atoms with Crippen LogP contribution in [-0.2, 0) is 0 Å². The van der Waals surface area contributed by atoms with Crippen LogP contribution < -0.4 is 0 Å². The van der Waals surface area contributed by atoms with E-state index in [1.165, 1.54) is 25.7 Å². The molecule has 2 unspecified atom stereocenters. The van der Waals surface area contributed by atoms with Gasteiger partial charge >= 0.3 is 0 Å². The van der Waals surface area contributed by atoms with Gasteiger partial charge in [0, 0.05) is 6.42 Å². The minimum absolute atomic E-state index is 0.630. The van der Waals surface area contributed by atoms with Crippen LogP contribution in [0.25, 0.3) is 0 Å². The van der Waals surface area contributed by atoms with Gasteiger partial charge in [-0.25, -0.2) is 0 Å². The fourth-order valence-electron chi connectivity index (χ4n) is 2.43. The molecule has 0 aromatic heterocycles. The SMILES string of the molecule is CCCC1CC=C(O)CC1CCC. The first-order chi connectivity index (χ1) is 6.27. The summed E-state index contributed by atoms with van der Waals surface area (Å²) in [6, 6.07) is 0. The third-order valence-electron chi connectivity index (χ3n) is 3.11. The summed E-state index contributed by atoms with van der Waals surface area (Å²) in [5.41, 5.74) is 0. The molecule has 0 saturated carbocycles. The summed E-state index contributed by atoms with van der Waals surface area (Å²) in [4.78, 5) is 0. The maximum absolute atomic E-state index is 9.45. The summed E-state index contributed by atoms with van der Waals surface area (Å²) >= 11 is 0. The van der Waals surface area contributed by atoms with Crippen LogP contribution in [0.2, 0.25) is 0 Å². The Labute approximate surface area is 81.9 Å². The molecular weight excluding hydrogens is 160 g/mol. The Morgan fingerprint density at radius 1 is 1.23 bits per heavy atom. The number of rotatable bonds is 4. The lowest BCUT2D eigenvalue weighted by molar-refractivity contribution is 0.229. The lowest BCUT2D eigenvalue weighted by Gasteiger charge is -2.29. The number of hydrogen-bond acceptors (Lipinski definition) is 1. The van der Waals surface area contributed by atoms with E-state index < -0.39 is 0 Å². The zero-order valence-corrected chi connectivity index (χ0v) is 8.92. The lowest BCUT2D eigenvalue weighted by Crippen LogP contribution is -2.18. The molecule has 0 aromatic rings. The second-order valence-corrected chi connectivity index (χ2v) is 4.23. The molecule has 1 N–H and O–H groups in total. The molecule has 1 aliphatic carbocycles. The molecule has 1 aliphatic rings. The molecular formula is C12H22O. The first-order valence-corrected chi connectivity index (χ1v) is 5.65. The highest BCUT2D eigenvalue weighted by Crippen LogP contribution is 2.34. The van der Waals surface area contributed by atoms with E-state index in [2.05, 4.69) is 13.8 Å². The van der Waals surface area contributed by atoms with Gasteiger partial charge in [0.05, 0.1) is 5.76 Å². The van der Waals surface area contributed by atoms with Crippen molar-refractivity contribution in [1.29, 1.82) is 0 Å². The predicted molar refractivity (Wildman–Crippen MR) is 56.7 cm³/mol. The zero-order valence-electron chi connectivity index (χ0n) is 8.92. The normalized spacial score (nSPS) is 28.6. The van der Waals surface area contributed by atoms with Crippen LogP contribution in [0.5, 0.6) is 0 Å². The van der Waals surface area contributed by atoms with Crippen molar-refractivity contribution in [1.82, 2.24) is 0 Å². The average Bonchev–Trinajstić information content (AvgIpc) is 2.10. The van der Waals surface area contributed by atoms with Gasteiger partial charge in [0.2, 0.25) is 0 Å². The largest absolute Gasteiger partial charge is 0.513 e. The summed E-state index contributed by atoms with van der Waals surface area (Å²) < 4.78 is 0. The van der Waals surface area contributed by atoms with Crippen molar-refractivity contribution >= 4 is 0 Å². The van der Waals surface area contributed by atoms with Crippen molar-refractivity contribution in [2.75, 3.05) is 0 Å². The molecule has 1 heteroatoms. The smallest absolute Gasteiger partial charge is 0.0885 e. The molecule has 1 rings (SSSR count). The minimum atomic E-state index is 0.630. The van der Waals surface area contributed by atoms with E-state index in [1.54, 1.807) is 0 Å². The number of hydrogen-bond donors (Lipinski definition) is 1. The quantitative estimate of drug-likeness (QED) is 0.695. The van der Waals surface area contributed by atoms with Crippen LogP contribution in [0.15, 0.2) is 11.8 Å². The van der Waals surface area contributed by atoms with E-state index in [-0.39, 0.29) is 0 Å². The van der Waals surface area contributed by atoms with E-state index in [0.29, 0.717) is 5.76 Å². The summed E-state index contributed by atoms with van der Waals surface area (Å²) in [7, 11) is 0. The van der Waals surface area contributed by atoms with Crippen LogP contribution in [0.1, 0.15) is 52.4 Å². The van der Waals surface area contributed by atoms with Crippen LogP contribution >= 0.6 is 0 Å². The van der Waals surface area contributed by atoms with Crippen molar-refractivity contribution in [2.24, 2.45) is 11.8 Å². The molecule has 0 aliphatic heterocycles. The summed E-state index contributed by atoms with van der Waals surface area (Å²) in [5, 5.41) is 9.45. The van der Waals surface area contributed by atoms with E-state index in [4.69, 9.17) is 0 Å². The molecule has 0 bridgehead atoms. The Balaban J connectivity index is 2.49. The molecule has 13 heavy (non-hydrogen) atoms. The molecule has 0 saturated heterocycles. The van der Waals surface area contributed by atoms with Gasteiger partial charge in [-0.05, 0) is 24.3 Å². The molecule has 0 heterocycles. The van der Waals surface area contributed by atoms with Crippen molar-refractivity contribution in [3.8, 4) is 0 Å². The maximum Gasteiger partial charge on any atom is 0.0885 e. The number of aliphatic hydroxyl groups excluding tert-OH is 1. The van der Waals surface area contributed by atoms with Gasteiger partial charge in [-0.1, -0.05) is 39.5 Å². The van der Waals surface area contributed by atoms with E-state index in [1.807, 2.05) is 6.08 Å². The topological polar surface area (TPSA) is 20.2 Å². The van der Waals surface area contributed by atoms with Crippen LogP contribution in [-0.4, -0.2) is 5.11 Å². The third kappa shape index (κ3) is 3.06. The summed E-state index contributed by atoms with van der Waals surface area (Å²) in [5.74, 6) is 2.21. The molecule has 0 spiro atoms. The van der Waals surface area contributed by atoms with Crippen molar-refractivity contribution in [3.05, 3.63) is 11.8 Å². The van der Waals surface area contributed by atoms with E-state index in [0.717, 1.165) is 24.7 Å². The molecule has 0 radical (unpaired) electrons. The number of aliphatic hydroxyl groups is 1. The molecule has 0 fully saturated rings. The zero-order chi connectivity index (χ0) is 9.68. The van der Waals surface area contributed by atoms with Crippen molar-refractivity contribution in [2.45, 2.75) is 52.4 Å². The van der Waals surface area contributed by atoms with Crippen LogP contribution in [0.4, 0.5) is 0 Å². The van der Waals surface area contributed by atoms with Gasteiger partial charge in [-0.2, -0.15) is 0 Å². The Hall–Kier alpha value is -0.460. The fraction of sp³-hybridized carbons (Fsp3) is 0.833. The Kier molecular flexibility index (Phi) is 4.34. The van der Waals surface area contributed by atoms with Gasteiger partial charge in [0.25, 0.3) is 0 Å². The highest BCUT2D eigenvalue weighted by Gasteiger charge is 2.23. The molecule has 76 valence electrons. The van der Waals surface area contributed by atoms with Gasteiger partial charge in [0.1, 0.15) is 0 Å². The third-order valence-corrected chi connectivity index (χ3v) is 3.11. The Morgan fingerprint density at radius 3 is 2.46 bits per heavy atom. The van der Waals surface area contributed by atoms with Gasteiger partial charge in [0.15, 0.2) is 0 Å². The molecule has 2 atom stereocenters. The Morgan fingerprint density at radius 2 is 1.85 bits per heavy atom. The summed E-state index contributed by atoms with van der Waals surface area (Å²) in [6.07, 6.45) is 9.18. The lowest BCUT2D eigenvalue weighted by atomic mass is 9.77. The first-order valence-electron chi connectivity index (χ1n) is 5.65. The standard InChI is InChI=1S/C12H22O/c1-3-5-10-7-8-12(13)9-11(10)6-4-2/h8,10-11,13H,3-7,9H2,1-2H3. The second kappa shape index (κ2) is 5.31. The van der Waals surface area contributed by atoms with Crippen LogP contribution in [0.3, 0.4) is 0 Å². The van der Waals surface area contributed by atoms with E-state index in [9.17, 15) is 5.11 Å². The molecule has 0 aromatic carbocycles. The second-order valence-electron chi connectivity index (χ2n) is 4.23. The van der Waals surface area contributed by atoms with Crippen LogP contribution in [0, 0.1) is 11.8 Å².